The number of carbonyl (C=O) groups is 1. The molecule has 1 unspecified atom stereocenters. The maximum atomic E-state index is 14.4. The summed E-state index contributed by atoms with van der Waals surface area (Å²) in [6, 6.07) is 15.1. The van der Waals surface area contributed by atoms with Gasteiger partial charge in [-0.1, -0.05) is 36.4 Å². The van der Waals surface area contributed by atoms with Gasteiger partial charge in [-0.25, -0.2) is 0 Å². The van der Waals surface area contributed by atoms with Gasteiger partial charge in [0.05, 0.1) is 36.4 Å². The number of hydrogen-bond acceptors (Lipinski definition) is 5. The monoisotopic (exact) mass is 620 g/mol. The smallest absolute Gasteiger partial charge is 0.417 e. The topological polar surface area (TPSA) is 93.8 Å². The summed E-state index contributed by atoms with van der Waals surface area (Å²) < 4.78 is 56.8. The molecule has 0 radical (unpaired) electrons. The lowest BCUT2D eigenvalue weighted by Crippen LogP contribution is -2.27. The number of benzene rings is 3. The Morgan fingerprint density at radius 3 is 2.33 bits per heavy atom. The van der Waals surface area contributed by atoms with Crippen molar-refractivity contribution in [2.24, 2.45) is 0 Å². The van der Waals surface area contributed by atoms with E-state index in [-0.39, 0.29) is 24.5 Å². The van der Waals surface area contributed by atoms with Crippen LogP contribution in [0, 0.1) is 13.8 Å². The molecule has 1 aliphatic heterocycles. The SMILES string of the molecule is Cc1nn(CC(C)(C)O)c(C)c1-c1ccc(-c2c(C(F)(F)F)ccc3c2CC[C@H]3Oc2ccc3c(c2)OCC3CC(=O)O)cc1. The van der Waals surface area contributed by atoms with E-state index in [9.17, 15) is 28.2 Å². The first-order chi connectivity index (χ1) is 21.2. The van der Waals surface area contributed by atoms with Gasteiger partial charge in [-0.3, -0.25) is 9.48 Å². The lowest BCUT2D eigenvalue weighted by atomic mass is 9.90. The predicted octanol–water partition coefficient (Wildman–Crippen LogP) is 7.64. The Kier molecular flexibility index (Phi) is 7.67. The molecule has 6 rings (SSSR count). The van der Waals surface area contributed by atoms with Crippen molar-refractivity contribution in [3.63, 3.8) is 0 Å². The fourth-order valence-corrected chi connectivity index (χ4v) is 6.67. The highest BCUT2D eigenvalue weighted by Crippen LogP contribution is 2.47. The molecular weight excluding hydrogens is 585 g/mol. The first-order valence-electron chi connectivity index (χ1n) is 14.9. The van der Waals surface area contributed by atoms with Gasteiger partial charge in [0.25, 0.3) is 0 Å². The van der Waals surface area contributed by atoms with Crippen LogP contribution in [0.4, 0.5) is 13.2 Å². The van der Waals surface area contributed by atoms with E-state index in [1.54, 1.807) is 48.9 Å². The van der Waals surface area contributed by atoms with E-state index in [0.717, 1.165) is 34.1 Å². The largest absolute Gasteiger partial charge is 0.492 e. The summed E-state index contributed by atoms with van der Waals surface area (Å²) in [5.41, 5.74) is 4.51. The molecule has 1 aliphatic carbocycles. The van der Waals surface area contributed by atoms with Crippen LogP contribution in [0.2, 0.25) is 0 Å². The van der Waals surface area contributed by atoms with Gasteiger partial charge >= 0.3 is 12.1 Å². The molecule has 2 heterocycles. The molecule has 10 heteroatoms. The number of nitrogens with zero attached hydrogens (tertiary/aromatic N) is 2. The van der Waals surface area contributed by atoms with Gasteiger partial charge in [-0.05, 0) is 80.5 Å². The summed E-state index contributed by atoms with van der Waals surface area (Å²) in [6.07, 6.45) is -4.08. The van der Waals surface area contributed by atoms with Crippen LogP contribution >= 0.6 is 0 Å². The molecule has 2 N–H and O–H groups in total. The van der Waals surface area contributed by atoms with E-state index in [2.05, 4.69) is 5.10 Å². The third kappa shape index (κ3) is 6.03. The summed E-state index contributed by atoms with van der Waals surface area (Å²) in [6.45, 7) is 7.82. The predicted molar refractivity (Wildman–Crippen MR) is 162 cm³/mol. The number of halogens is 3. The van der Waals surface area contributed by atoms with E-state index in [1.807, 2.05) is 26.0 Å². The van der Waals surface area contributed by atoms with Gasteiger partial charge < -0.3 is 19.7 Å². The molecule has 2 aliphatic rings. The van der Waals surface area contributed by atoms with Crippen molar-refractivity contribution in [1.29, 1.82) is 0 Å². The van der Waals surface area contributed by atoms with Crippen LogP contribution in [-0.4, -0.2) is 38.2 Å². The van der Waals surface area contributed by atoms with E-state index >= 15 is 0 Å². The zero-order valence-corrected chi connectivity index (χ0v) is 25.5. The van der Waals surface area contributed by atoms with E-state index in [1.165, 1.54) is 6.07 Å². The average Bonchev–Trinajstić information content (AvgIpc) is 3.62. The number of hydrogen-bond donors (Lipinski definition) is 2. The normalized spacial score (nSPS) is 17.6. The van der Waals surface area contributed by atoms with Crippen molar-refractivity contribution in [2.75, 3.05) is 6.61 Å². The molecule has 0 bridgehead atoms. The molecule has 1 aromatic heterocycles. The first kappa shape index (κ1) is 30.7. The summed E-state index contributed by atoms with van der Waals surface area (Å²) >= 11 is 0. The van der Waals surface area contributed by atoms with Gasteiger partial charge in [-0.2, -0.15) is 18.3 Å². The van der Waals surface area contributed by atoms with Crippen LogP contribution in [-0.2, 0) is 23.9 Å². The average molecular weight is 621 g/mol. The third-order valence-electron chi connectivity index (χ3n) is 8.60. The van der Waals surface area contributed by atoms with Gasteiger partial charge in [0.1, 0.15) is 17.6 Å². The second-order valence-electron chi connectivity index (χ2n) is 12.6. The zero-order chi connectivity index (χ0) is 32.3. The molecule has 3 aromatic carbocycles. The Labute approximate surface area is 259 Å². The Bertz CT molecular complexity index is 1770. The Balaban J connectivity index is 1.31. The number of alkyl halides is 3. The molecule has 0 spiro atoms. The lowest BCUT2D eigenvalue weighted by Gasteiger charge is -2.20. The zero-order valence-electron chi connectivity index (χ0n) is 25.5. The Hall–Kier alpha value is -4.31. The fraction of sp³-hybridized carbons (Fsp3) is 0.371. The number of rotatable bonds is 8. The minimum atomic E-state index is -4.54. The number of carboxylic acids is 1. The fourth-order valence-electron chi connectivity index (χ4n) is 6.67. The van der Waals surface area contributed by atoms with Crippen molar-refractivity contribution < 1.29 is 37.7 Å². The van der Waals surface area contributed by atoms with Gasteiger partial charge in [-0.15, -0.1) is 0 Å². The second-order valence-corrected chi connectivity index (χ2v) is 12.6. The van der Waals surface area contributed by atoms with Gasteiger partial charge in [0.2, 0.25) is 0 Å². The highest BCUT2D eigenvalue weighted by atomic mass is 19.4. The van der Waals surface area contributed by atoms with Gasteiger partial charge in [0, 0.05) is 28.8 Å². The number of aliphatic carboxylic acids is 1. The molecule has 4 aromatic rings. The summed E-state index contributed by atoms with van der Waals surface area (Å²) in [5, 5.41) is 24.0. The van der Waals surface area contributed by atoms with Crippen molar-refractivity contribution in [2.45, 2.75) is 77.3 Å². The summed E-state index contributed by atoms with van der Waals surface area (Å²) in [7, 11) is 0. The molecule has 236 valence electrons. The summed E-state index contributed by atoms with van der Waals surface area (Å²) in [5.74, 6) is -0.0396. The van der Waals surface area contributed by atoms with Crippen molar-refractivity contribution in [3.05, 3.63) is 88.2 Å². The molecule has 0 saturated carbocycles. The molecule has 0 amide bonds. The van der Waals surface area contributed by atoms with Crippen molar-refractivity contribution >= 4 is 5.97 Å². The molecule has 0 fully saturated rings. The van der Waals surface area contributed by atoms with E-state index in [0.29, 0.717) is 47.6 Å². The minimum absolute atomic E-state index is 0.0284. The highest BCUT2D eigenvalue weighted by Gasteiger charge is 2.38. The highest BCUT2D eigenvalue weighted by molar-refractivity contribution is 5.78. The summed E-state index contributed by atoms with van der Waals surface area (Å²) in [4.78, 5) is 11.2. The van der Waals surface area contributed by atoms with Crippen LogP contribution in [0.25, 0.3) is 22.3 Å². The molecule has 0 saturated heterocycles. The first-order valence-corrected chi connectivity index (χ1v) is 14.9. The number of aliphatic hydroxyl groups is 1. The van der Waals surface area contributed by atoms with Crippen LogP contribution in [0.1, 0.15) is 72.4 Å². The lowest BCUT2D eigenvalue weighted by molar-refractivity contribution is -0.138. The van der Waals surface area contributed by atoms with Gasteiger partial charge in [0.15, 0.2) is 0 Å². The standard InChI is InChI=1S/C35H35F3N2O5/c1-19-32(20(2)40(39-19)18-34(3,4)43)21-5-7-22(8-6-21)33-27-12-14-29(26(27)11-13-28(33)35(36,37)38)45-24-9-10-25-23(15-31(41)42)17-44-30(25)16-24/h5-11,13,16,23,29,43H,12,14-15,17-18H2,1-4H3,(H,41,42)/t23?,29-/m1/s1. The molecular formula is C35H35F3N2O5. The quantitative estimate of drug-likeness (QED) is 0.210. The van der Waals surface area contributed by atoms with E-state index < -0.39 is 29.4 Å². The molecule has 45 heavy (non-hydrogen) atoms. The van der Waals surface area contributed by atoms with Crippen molar-refractivity contribution in [3.8, 4) is 33.8 Å². The van der Waals surface area contributed by atoms with E-state index in [4.69, 9.17) is 9.47 Å². The third-order valence-corrected chi connectivity index (χ3v) is 8.60. The van der Waals surface area contributed by atoms with Crippen molar-refractivity contribution in [1.82, 2.24) is 9.78 Å². The molecule has 7 nitrogen and oxygen atoms in total. The minimum Gasteiger partial charge on any atom is -0.492 e. The number of aromatic nitrogens is 2. The maximum Gasteiger partial charge on any atom is 0.417 e. The van der Waals surface area contributed by atoms with Crippen LogP contribution in [0.3, 0.4) is 0 Å². The Morgan fingerprint density at radius 2 is 1.69 bits per heavy atom. The van der Waals surface area contributed by atoms with Crippen LogP contribution in [0.5, 0.6) is 11.5 Å². The number of fused-ring (bicyclic) bond motifs is 2. The number of ether oxygens (including phenoxy) is 2. The molecule has 2 atom stereocenters. The van der Waals surface area contributed by atoms with Crippen LogP contribution < -0.4 is 9.47 Å². The number of carboxylic acid groups (broad SMARTS) is 1. The second kappa shape index (κ2) is 11.2. The maximum absolute atomic E-state index is 14.4. The van der Waals surface area contributed by atoms with Crippen LogP contribution in [0.15, 0.2) is 54.6 Å². The number of aryl methyl sites for hydroxylation is 1. The Morgan fingerprint density at radius 1 is 1.02 bits per heavy atom.